The molecule has 5 rings (SSSR count). The molecule has 6 nitrogen and oxygen atoms in total. The molecule has 1 aromatic carbocycles. The highest BCUT2D eigenvalue weighted by Crippen LogP contribution is 2.54. The molecule has 3 N–H and O–H groups in total. The maximum absolute atomic E-state index is 15.0. The van der Waals surface area contributed by atoms with Crippen molar-refractivity contribution in [3.05, 3.63) is 38.9 Å². The number of fused-ring (bicyclic) bond motifs is 1. The van der Waals surface area contributed by atoms with Crippen LogP contribution in [0.25, 0.3) is 10.9 Å². The van der Waals surface area contributed by atoms with E-state index in [2.05, 4.69) is 0 Å². The molecule has 1 aliphatic heterocycles. The number of aromatic carboxylic acids is 1. The van der Waals surface area contributed by atoms with Gasteiger partial charge in [0.2, 0.25) is 5.43 Å². The van der Waals surface area contributed by atoms with E-state index in [-0.39, 0.29) is 39.2 Å². The topological polar surface area (TPSA) is 88.6 Å². The van der Waals surface area contributed by atoms with Crippen LogP contribution in [0.1, 0.15) is 42.1 Å². The SMILES string of the molecule is N[C@H]1CN(c2c(F)cc3c(=O)c(C(=O)O)cn(C4CC4)c3c2Cl)CC12CC2. The van der Waals surface area contributed by atoms with Crippen molar-refractivity contribution >= 4 is 34.2 Å². The third kappa shape index (κ3) is 2.41. The molecule has 27 heavy (non-hydrogen) atoms. The summed E-state index contributed by atoms with van der Waals surface area (Å²) in [6.45, 7) is 1.17. The number of benzene rings is 1. The Bertz CT molecular complexity index is 1060. The van der Waals surface area contributed by atoms with Gasteiger partial charge in [-0.05, 0) is 31.7 Å². The van der Waals surface area contributed by atoms with Crippen LogP contribution in [0.3, 0.4) is 0 Å². The third-order valence-corrected chi connectivity index (χ3v) is 6.63. The molecule has 2 aromatic rings. The zero-order valence-corrected chi connectivity index (χ0v) is 15.3. The summed E-state index contributed by atoms with van der Waals surface area (Å²) in [7, 11) is 0. The van der Waals surface area contributed by atoms with Crippen molar-refractivity contribution in [2.75, 3.05) is 18.0 Å². The molecule has 1 atom stereocenters. The number of aromatic nitrogens is 1. The van der Waals surface area contributed by atoms with Gasteiger partial charge >= 0.3 is 5.97 Å². The molecular weight excluding hydrogens is 373 g/mol. The van der Waals surface area contributed by atoms with Crippen molar-refractivity contribution in [2.45, 2.75) is 37.8 Å². The van der Waals surface area contributed by atoms with Crippen LogP contribution in [0.15, 0.2) is 17.1 Å². The normalized spacial score (nSPS) is 23.4. The Balaban J connectivity index is 1.75. The van der Waals surface area contributed by atoms with Gasteiger partial charge in [-0.15, -0.1) is 0 Å². The molecule has 1 aromatic heterocycles. The number of halogens is 2. The fraction of sp³-hybridized carbons (Fsp3) is 0.474. The number of carbonyl (C=O) groups is 1. The fourth-order valence-corrected chi connectivity index (χ4v) is 4.78. The van der Waals surface area contributed by atoms with Crippen LogP contribution in [0, 0.1) is 11.2 Å². The Morgan fingerprint density at radius 2 is 2.07 bits per heavy atom. The van der Waals surface area contributed by atoms with Crippen LogP contribution in [0.5, 0.6) is 0 Å². The van der Waals surface area contributed by atoms with Gasteiger partial charge in [0.1, 0.15) is 11.4 Å². The van der Waals surface area contributed by atoms with Gasteiger partial charge in [0.25, 0.3) is 0 Å². The molecule has 0 radical (unpaired) electrons. The highest BCUT2D eigenvalue weighted by Gasteiger charge is 2.54. The Hall–Kier alpha value is -2.12. The molecule has 0 amide bonds. The first kappa shape index (κ1) is 17.0. The number of pyridine rings is 1. The average molecular weight is 392 g/mol. The second kappa shape index (κ2) is 5.45. The summed E-state index contributed by atoms with van der Waals surface area (Å²) >= 11 is 6.64. The molecule has 142 valence electrons. The van der Waals surface area contributed by atoms with Crippen molar-refractivity contribution in [2.24, 2.45) is 11.1 Å². The predicted octanol–water partition coefficient (Wildman–Crippen LogP) is 2.75. The van der Waals surface area contributed by atoms with Gasteiger partial charge in [0.05, 0.1) is 21.6 Å². The van der Waals surface area contributed by atoms with Crippen molar-refractivity contribution in [3.63, 3.8) is 0 Å². The minimum Gasteiger partial charge on any atom is -0.477 e. The van der Waals surface area contributed by atoms with Gasteiger partial charge in [-0.25, -0.2) is 9.18 Å². The number of carboxylic acid groups (broad SMARTS) is 1. The summed E-state index contributed by atoms with van der Waals surface area (Å²) in [5.41, 5.74) is 5.91. The lowest BCUT2D eigenvalue weighted by Gasteiger charge is -2.23. The number of hydrogen-bond donors (Lipinski definition) is 2. The van der Waals surface area contributed by atoms with Gasteiger partial charge < -0.3 is 20.3 Å². The highest BCUT2D eigenvalue weighted by atomic mass is 35.5. The lowest BCUT2D eigenvalue weighted by atomic mass is 10.0. The second-order valence-electron chi connectivity index (χ2n) is 8.08. The standard InChI is InChI=1S/C19H19ClFN3O3/c20-14-15-10(17(25)11(18(26)27)6-24(15)9-1-2-9)5-12(21)16(14)23-7-13(22)19(8-23)3-4-19/h5-6,9,13H,1-4,7-8,22H2,(H,26,27)/t13-/m0/s1. The second-order valence-corrected chi connectivity index (χ2v) is 8.46. The van der Waals surface area contributed by atoms with E-state index in [1.54, 1.807) is 4.57 Å². The Kier molecular flexibility index (Phi) is 3.44. The first-order valence-corrected chi connectivity index (χ1v) is 9.51. The van der Waals surface area contributed by atoms with Crippen molar-refractivity contribution in [1.82, 2.24) is 4.57 Å². The minimum absolute atomic E-state index is 0.0117. The van der Waals surface area contributed by atoms with Gasteiger partial charge in [-0.1, -0.05) is 11.6 Å². The van der Waals surface area contributed by atoms with E-state index in [9.17, 15) is 14.7 Å². The van der Waals surface area contributed by atoms with E-state index in [0.717, 1.165) is 31.7 Å². The molecule has 0 unspecified atom stereocenters. The number of carboxylic acids is 1. The highest BCUT2D eigenvalue weighted by molar-refractivity contribution is 6.38. The zero-order chi connectivity index (χ0) is 19.1. The first-order chi connectivity index (χ1) is 12.8. The Labute approximate surface area is 159 Å². The van der Waals surface area contributed by atoms with Crippen molar-refractivity contribution in [1.29, 1.82) is 0 Å². The van der Waals surface area contributed by atoms with E-state index < -0.39 is 17.2 Å². The van der Waals surface area contributed by atoms with Crippen LogP contribution < -0.4 is 16.1 Å². The minimum atomic E-state index is -1.32. The molecular formula is C19H19ClFN3O3. The van der Waals surface area contributed by atoms with E-state index in [4.69, 9.17) is 17.3 Å². The van der Waals surface area contributed by atoms with E-state index in [0.29, 0.717) is 18.6 Å². The summed E-state index contributed by atoms with van der Waals surface area (Å²) < 4.78 is 16.8. The summed E-state index contributed by atoms with van der Waals surface area (Å²) in [5.74, 6) is -1.93. The first-order valence-electron chi connectivity index (χ1n) is 9.13. The van der Waals surface area contributed by atoms with E-state index >= 15 is 4.39 Å². The van der Waals surface area contributed by atoms with Crippen LogP contribution in [-0.4, -0.2) is 34.8 Å². The van der Waals surface area contributed by atoms with Crippen LogP contribution in [0.2, 0.25) is 5.02 Å². The molecule has 3 aliphatic rings. The number of rotatable bonds is 3. The Morgan fingerprint density at radius 3 is 2.63 bits per heavy atom. The average Bonchev–Trinajstić information content (AvgIpc) is 3.49. The van der Waals surface area contributed by atoms with Crippen LogP contribution >= 0.6 is 11.6 Å². The molecule has 2 heterocycles. The number of nitrogens with zero attached hydrogens (tertiary/aromatic N) is 2. The summed E-state index contributed by atoms with van der Waals surface area (Å²) in [5, 5.41) is 9.52. The largest absolute Gasteiger partial charge is 0.477 e. The molecule has 3 fully saturated rings. The maximum Gasteiger partial charge on any atom is 0.341 e. The lowest BCUT2D eigenvalue weighted by Crippen LogP contribution is -2.30. The molecule has 0 bridgehead atoms. The summed E-state index contributed by atoms with van der Waals surface area (Å²) in [6.07, 6.45) is 5.16. The molecule has 1 saturated heterocycles. The molecule has 2 aliphatic carbocycles. The van der Waals surface area contributed by atoms with Crippen molar-refractivity contribution < 1.29 is 14.3 Å². The van der Waals surface area contributed by atoms with Gasteiger partial charge in [0.15, 0.2) is 0 Å². The van der Waals surface area contributed by atoms with Crippen molar-refractivity contribution in [3.8, 4) is 0 Å². The fourth-order valence-electron chi connectivity index (χ4n) is 4.37. The predicted molar refractivity (Wildman–Crippen MR) is 100 cm³/mol. The van der Waals surface area contributed by atoms with Gasteiger partial charge in [-0.2, -0.15) is 0 Å². The smallest absolute Gasteiger partial charge is 0.341 e. The molecule has 2 saturated carbocycles. The lowest BCUT2D eigenvalue weighted by molar-refractivity contribution is 0.0695. The van der Waals surface area contributed by atoms with Crippen LogP contribution in [-0.2, 0) is 0 Å². The van der Waals surface area contributed by atoms with E-state index in [1.165, 1.54) is 6.20 Å². The molecule has 1 spiro atoms. The summed E-state index contributed by atoms with van der Waals surface area (Å²) in [6, 6.07) is 1.19. The monoisotopic (exact) mass is 391 g/mol. The van der Waals surface area contributed by atoms with Gasteiger partial charge in [0, 0.05) is 36.8 Å². The maximum atomic E-state index is 15.0. The number of anilines is 1. The third-order valence-electron chi connectivity index (χ3n) is 6.27. The number of hydrogen-bond acceptors (Lipinski definition) is 4. The quantitative estimate of drug-likeness (QED) is 0.839. The number of nitrogens with two attached hydrogens (primary N) is 1. The summed E-state index contributed by atoms with van der Waals surface area (Å²) in [4.78, 5) is 25.9. The van der Waals surface area contributed by atoms with E-state index in [1.807, 2.05) is 4.90 Å². The Morgan fingerprint density at radius 1 is 1.37 bits per heavy atom. The van der Waals surface area contributed by atoms with Gasteiger partial charge in [-0.3, -0.25) is 4.79 Å². The zero-order valence-electron chi connectivity index (χ0n) is 14.5. The molecule has 8 heteroatoms. The van der Waals surface area contributed by atoms with Crippen LogP contribution in [0.4, 0.5) is 10.1 Å².